The van der Waals surface area contributed by atoms with Crippen molar-refractivity contribution in [3.63, 3.8) is 0 Å². The van der Waals surface area contributed by atoms with Crippen molar-refractivity contribution in [1.82, 2.24) is 9.62 Å². The molecule has 1 aliphatic rings. The van der Waals surface area contributed by atoms with E-state index in [2.05, 4.69) is 5.32 Å². The van der Waals surface area contributed by atoms with Gasteiger partial charge in [-0.3, -0.25) is 4.79 Å². The van der Waals surface area contributed by atoms with Crippen molar-refractivity contribution >= 4 is 27.3 Å². The van der Waals surface area contributed by atoms with Crippen molar-refractivity contribution in [2.24, 2.45) is 5.73 Å². The molecule has 0 bridgehead atoms. The van der Waals surface area contributed by atoms with Gasteiger partial charge < -0.3 is 11.1 Å². The summed E-state index contributed by atoms with van der Waals surface area (Å²) in [6.07, 6.45) is 0.617. The van der Waals surface area contributed by atoms with Gasteiger partial charge in [-0.2, -0.15) is 4.31 Å². The molecule has 0 saturated carbocycles. The average Bonchev–Trinajstić information content (AvgIpc) is 3.23. The summed E-state index contributed by atoms with van der Waals surface area (Å²) in [4.78, 5) is 11.9. The number of rotatable bonds is 6. The third kappa shape index (κ3) is 4.15. The smallest absolute Gasteiger partial charge is 0.252 e. The number of hydrogen-bond donors (Lipinski definition) is 2. The van der Waals surface area contributed by atoms with Gasteiger partial charge in [0, 0.05) is 43.4 Å². The molecule has 0 aliphatic carbocycles. The number of benzene rings is 1. The quantitative estimate of drug-likeness (QED) is 0.779. The molecule has 3 N–H and O–H groups in total. The number of sulfonamides is 1. The van der Waals surface area contributed by atoms with Crippen LogP contribution in [0.15, 0.2) is 46.7 Å². The van der Waals surface area contributed by atoms with Crippen LogP contribution in [0.1, 0.15) is 23.3 Å². The highest BCUT2D eigenvalue weighted by atomic mass is 32.2. The van der Waals surface area contributed by atoms with E-state index in [0.717, 1.165) is 10.4 Å². The van der Waals surface area contributed by atoms with Crippen LogP contribution in [-0.4, -0.2) is 44.3 Å². The maximum absolute atomic E-state index is 13.0. The zero-order valence-electron chi connectivity index (χ0n) is 14.6. The minimum atomic E-state index is -3.55. The summed E-state index contributed by atoms with van der Waals surface area (Å²) in [6.45, 7) is 2.68. The van der Waals surface area contributed by atoms with Crippen molar-refractivity contribution in [2.45, 2.75) is 29.5 Å². The second-order valence-electron chi connectivity index (χ2n) is 6.46. The Kier molecular flexibility index (Phi) is 5.76. The molecule has 1 fully saturated rings. The zero-order valence-corrected chi connectivity index (χ0v) is 16.2. The molecule has 140 valence electrons. The summed E-state index contributed by atoms with van der Waals surface area (Å²) in [6, 6.07) is 13.0. The van der Waals surface area contributed by atoms with Gasteiger partial charge in [0.15, 0.2) is 0 Å². The Hall–Kier alpha value is -1.74. The predicted octanol–water partition coefficient (Wildman–Crippen LogP) is 1.54. The fourth-order valence-electron chi connectivity index (χ4n) is 3.16. The molecule has 8 heteroatoms. The largest absolute Gasteiger partial charge is 0.356 e. The molecule has 0 spiro atoms. The van der Waals surface area contributed by atoms with Crippen LogP contribution >= 0.6 is 11.3 Å². The second kappa shape index (κ2) is 7.87. The number of carbonyl (C=O) groups excluding carboxylic acids is 1. The van der Waals surface area contributed by atoms with E-state index in [1.807, 2.05) is 36.4 Å². The first-order valence-corrected chi connectivity index (χ1v) is 10.8. The number of amides is 1. The van der Waals surface area contributed by atoms with E-state index in [1.54, 1.807) is 6.07 Å². The number of nitrogens with one attached hydrogen (secondary N) is 1. The maximum Gasteiger partial charge on any atom is 0.252 e. The van der Waals surface area contributed by atoms with E-state index < -0.39 is 10.0 Å². The molecule has 0 unspecified atom stereocenters. The molecule has 2 heterocycles. The normalized spacial score (nSPS) is 21.0. The van der Waals surface area contributed by atoms with Gasteiger partial charge in [-0.1, -0.05) is 30.3 Å². The Labute approximate surface area is 158 Å². The van der Waals surface area contributed by atoms with Crippen molar-refractivity contribution in [3.8, 4) is 0 Å². The van der Waals surface area contributed by atoms with Gasteiger partial charge in [0.25, 0.3) is 10.0 Å². The lowest BCUT2D eigenvalue weighted by molar-refractivity contribution is -0.118. The lowest BCUT2D eigenvalue weighted by atomic mass is 9.95. The van der Waals surface area contributed by atoms with E-state index in [-0.39, 0.29) is 17.9 Å². The van der Waals surface area contributed by atoms with Crippen LogP contribution in [0.4, 0.5) is 0 Å². The number of hydrogen-bond acceptors (Lipinski definition) is 5. The van der Waals surface area contributed by atoms with E-state index in [9.17, 15) is 13.2 Å². The lowest BCUT2D eigenvalue weighted by Crippen LogP contribution is -2.31. The molecule has 0 radical (unpaired) electrons. The minimum absolute atomic E-state index is 0.00479. The highest BCUT2D eigenvalue weighted by molar-refractivity contribution is 7.91. The fraction of sp³-hybridized carbons (Fsp3) is 0.389. The molecule has 1 saturated heterocycles. The second-order valence-corrected chi connectivity index (χ2v) is 9.79. The first-order valence-electron chi connectivity index (χ1n) is 8.52. The summed E-state index contributed by atoms with van der Waals surface area (Å²) in [5.74, 6) is -0.0856. The van der Waals surface area contributed by atoms with Crippen molar-refractivity contribution in [1.29, 1.82) is 0 Å². The highest BCUT2D eigenvalue weighted by Gasteiger charge is 2.38. The molecule has 2 atom stereocenters. The molecule has 3 rings (SSSR count). The van der Waals surface area contributed by atoms with Gasteiger partial charge in [-0.05, 0) is 24.1 Å². The summed E-state index contributed by atoms with van der Waals surface area (Å²) in [7, 11) is -3.55. The zero-order chi connectivity index (χ0) is 18.7. The summed E-state index contributed by atoms with van der Waals surface area (Å²) < 4.78 is 27.7. The number of nitrogens with zero attached hydrogens (tertiary/aromatic N) is 1. The van der Waals surface area contributed by atoms with Crippen molar-refractivity contribution < 1.29 is 13.2 Å². The molecular weight excluding hydrogens is 370 g/mol. The van der Waals surface area contributed by atoms with E-state index in [1.165, 1.54) is 22.6 Å². The molecule has 1 amide bonds. The van der Waals surface area contributed by atoms with Gasteiger partial charge in [0.05, 0.1) is 0 Å². The molecular formula is C18H23N3O3S2. The molecule has 26 heavy (non-hydrogen) atoms. The van der Waals surface area contributed by atoms with Gasteiger partial charge in [0.1, 0.15) is 4.21 Å². The molecule has 6 nitrogen and oxygen atoms in total. The van der Waals surface area contributed by atoms with Crippen LogP contribution in [0, 0.1) is 0 Å². The van der Waals surface area contributed by atoms with E-state index in [4.69, 9.17) is 5.73 Å². The number of carbonyl (C=O) groups is 1. The number of thiophene rings is 1. The fourth-order valence-corrected chi connectivity index (χ4v) is 6.17. The van der Waals surface area contributed by atoms with Gasteiger partial charge in [0.2, 0.25) is 5.91 Å². The Morgan fingerprint density at radius 1 is 1.23 bits per heavy atom. The number of nitrogens with two attached hydrogens (primary N) is 1. The van der Waals surface area contributed by atoms with Crippen LogP contribution < -0.4 is 11.1 Å². The monoisotopic (exact) mass is 393 g/mol. The van der Waals surface area contributed by atoms with Crippen LogP contribution in [-0.2, 0) is 21.2 Å². The summed E-state index contributed by atoms with van der Waals surface area (Å²) in [5.41, 5.74) is 7.30. The van der Waals surface area contributed by atoms with Crippen LogP contribution in [0.2, 0.25) is 0 Å². The minimum Gasteiger partial charge on any atom is -0.356 e. The predicted molar refractivity (Wildman–Crippen MR) is 103 cm³/mol. The lowest BCUT2D eigenvalue weighted by Gasteiger charge is -2.15. The summed E-state index contributed by atoms with van der Waals surface area (Å²) in [5, 5.41) is 2.72. The first kappa shape index (κ1) is 19.0. The molecule has 1 aliphatic heterocycles. The third-order valence-electron chi connectivity index (χ3n) is 4.54. The maximum atomic E-state index is 13.0. The third-order valence-corrected chi connectivity index (χ3v) is 7.98. The van der Waals surface area contributed by atoms with E-state index >= 15 is 0 Å². The van der Waals surface area contributed by atoms with Gasteiger partial charge in [-0.25, -0.2) is 8.42 Å². The Morgan fingerprint density at radius 2 is 1.96 bits per heavy atom. The topological polar surface area (TPSA) is 92.5 Å². The molecule has 2 aromatic rings. The van der Waals surface area contributed by atoms with Crippen LogP contribution in [0.5, 0.6) is 0 Å². The Bertz CT molecular complexity index is 865. The summed E-state index contributed by atoms with van der Waals surface area (Å²) >= 11 is 1.25. The molecule has 1 aromatic heterocycles. The SMILES string of the molecule is CC(=O)NCCc1ccc(S(=O)(=O)N2C[C@@H](N)[C@H](c3ccccc3)C2)s1. The Morgan fingerprint density at radius 3 is 2.65 bits per heavy atom. The highest BCUT2D eigenvalue weighted by Crippen LogP contribution is 2.32. The average molecular weight is 394 g/mol. The first-order chi connectivity index (χ1) is 12.4. The van der Waals surface area contributed by atoms with Crippen molar-refractivity contribution in [3.05, 3.63) is 52.9 Å². The van der Waals surface area contributed by atoms with Crippen LogP contribution in [0.25, 0.3) is 0 Å². The van der Waals surface area contributed by atoms with Crippen molar-refractivity contribution in [2.75, 3.05) is 19.6 Å². The van der Waals surface area contributed by atoms with Crippen LogP contribution in [0.3, 0.4) is 0 Å². The molecule has 1 aromatic carbocycles. The van der Waals surface area contributed by atoms with Gasteiger partial charge >= 0.3 is 0 Å². The van der Waals surface area contributed by atoms with E-state index in [0.29, 0.717) is 30.3 Å². The standard InChI is InChI=1S/C18H23N3O3S2/c1-13(22)20-10-9-15-7-8-18(25-15)26(23,24)21-11-16(17(19)12-21)14-5-3-2-4-6-14/h2-8,16-17H,9-12,19H2,1H3,(H,20,22)/t16-,17+/m0/s1. The van der Waals surface area contributed by atoms with Gasteiger partial charge in [-0.15, -0.1) is 11.3 Å². The Balaban J connectivity index is 1.71.